The van der Waals surface area contributed by atoms with Crippen molar-refractivity contribution in [3.05, 3.63) is 65.2 Å². The molecule has 1 fully saturated rings. The molecule has 150 valence electrons. The molecule has 28 heavy (non-hydrogen) atoms. The molecule has 1 N–H and O–H groups in total. The first-order valence-electron chi connectivity index (χ1n) is 9.54. The number of benzene rings is 2. The third-order valence-electron chi connectivity index (χ3n) is 4.99. The van der Waals surface area contributed by atoms with Crippen LogP contribution >= 0.6 is 11.6 Å². The van der Waals surface area contributed by atoms with E-state index in [1.54, 1.807) is 12.1 Å². The SMILES string of the molecule is O=C(NCCCc1ccccc1)C1CCCN(S(=O)(=O)c2ccc(Cl)cc2)C1. The van der Waals surface area contributed by atoms with Crippen LogP contribution in [0.25, 0.3) is 0 Å². The first-order chi connectivity index (χ1) is 13.5. The normalized spacial score (nSPS) is 18.0. The number of nitrogens with one attached hydrogen (secondary N) is 1. The van der Waals surface area contributed by atoms with Crippen LogP contribution in [-0.2, 0) is 21.2 Å². The summed E-state index contributed by atoms with van der Waals surface area (Å²) < 4.78 is 27.1. The lowest BCUT2D eigenvalue weighted by molar-refractivity contribution is -0.126. The fourth-order valence-electron chi connectivity index (χ4n) is 3.42. The number of piperidine rings is 1. The van der Waals surface area contributed by atoms with Gasteiger partial charge in [0.2, 0.25) is 15.9 Å². The first-order valence-corrected chi connectivity index (χ1v) is 11.4. The third-order valence-corrected chi connectivity index (χ3v) is 7.12. The van der Waals surface area contributed by atoms with Crippen LogP contribution in [0.1, 0.15) is 24.8 Å². The Hall–Kier alpha value is -1.89. The van der Waals surface area contributed by atoms with Crippen molar-refractivity contribution in [2.24, 2.45) is 5.92 Å². The van der Waals surface area contributed by atoms with E-state index in [0.717, 1.165) is 12.8 Å². The van der Waals surface area contributed by atoms with Crippen molar-refractivity contribution in [3.8, 4) is 0 Å². The summed E-state index contributed by atoms with van der Waals surface area (Å²) in [4.78, 5) is 12.7. The van der Waals surface area contributed by atoms with E-state index in [1.165, 1.54) is 22.0 Å². The second kappa shape index (κ2) is 9.54. The lowest BCUT2D eigenvalue weighted by Crippen LogP contribution is -2.45. The molecular formula is C21H25ClN2O3S. The molecule has 2 aromatic carbocycles. The van der Waals surface area contributed by atoms with E-state index in [2.05, 4.69) is 17.4 Å². The molecule has 1 aliphatic rings. The van der Waals surface area contributed by atoms with Gasteiger partial charge in [0, 0.05) is 24.7 Å². The minimum absolute atomic E-state index is 0.0657. The highest BCUT2D eigenvalue weighted by Crippen LogP contribution is 2.24. The molecule has 0 aliphatic carbocycles. The zero-order valence-corrected chi connectivity index (χ0v) is 17.3. The van der Waals surface area contributed by atoms with Crippen molar-refractivity contribution in [1.29, 1.82) is 0 Å². The number of hydrogen-bond donors (Lipinski definition) is 1. The van der Waals surface area contributed by atoms with Gasteiger partial charge in [-0.3, -0.25) is 4.79 Å². The smallest absolute Gasteiger partial charge is 0.243 e. The fourth-order valence-corrected chi connectivity index (χ4v) is 5.07. The van der Waals surface area contributed by atoms with Gasteiger partial charge in [-0.05, 0) is 55.5 Å². The number of rotatable bonds is 7. The molecule has 1 atom stereocenters. The van der Waals surface area contributed by atoms with Crippen LogP contribution in [0.15, 0.2) is 59.5 Å². The average molecular weight is 421 g/mol. The molecule has 0 saturated carbocycles. The standard InChI is InChI=1S/C21H25ClN2O3S/c22-19-10-12-20(13-11-19)28(26,27)24-15-5-9-18(16-24)21(25)23-14-4-8-17-6-2-1-3-7-17/h1-3,6-7,10-13,18H,4-5,8-9,14-16H2,(H,23,25). The van der Waals surface area contributed by atoms with E-state index >= 15 is 0 Å². The van der Waals surface area contributed by atoms with Gasteiger partial charge in [-0.2, -0.15) is 4.31 Å². The lowest BCUT2D eigenvalue weighted by Gasteiger charge is -2.31. The highest BCUT2D eigenvalue weighted by atomic mass is 35.5. The minimum Gasteiger partial charge on any atom is -0.356 e. The number of aryl methyl sites for hydroxylation is 1. The van der Waals surface area contributed by atoms with E-state index in [1.807, 2.05) is 18.2 Å². The van der Waals surface area contributed by atoms with Gasteiger partial charge in [0.05, 0.1) is 10.8 Å². The molecule has 1 saturated heterocycles. The highest BCUT2D eigenvalue weighted by Gasteiger charge is 2.33. The molecule has 0 radical (unpaired) electrons. The Labute approximate surface area is 171 Å². The van der Waals surface area contributed by atoms with Crippen LogP contribution < -0.4 is 5.32 Å². The Kier molecular flexibility index (Phi) is 7.10. The van der Waals surface area contributed by atoms with Crippen molar-refractivity contribution in [1.82, 2.24) is 9.62 Å². The molecule has 1 amide bonds. The molecule has 0 bridgehead atoms. The molecule has 5 nitrogen and oxygen atoms in total. The maximum atomic E-state index is 12.8. The second-order valence-corrected chi connectivity index (χ2v) is 9.41. The number of nitrogens with zero attached hydrogens (tertiary/aromatic N) is 1. The number of amides is 1. The average Bonchev–Trinajstić information content (AvgIpc) is 2.72. The molecule has 0 spiro atoms. The number of sulfonamides is 1. The van der Waals surface area contributed by atoms with Crippen LogP contribution in [0.2, 0.25) is 5.02 Å². The van der Waals surface area contributed by atoms with Gasteiger partial charge in [-0.25, -0.2) is 8.42 Å². The Balaban J connectivity index is 1.52. The van der Waals surface area contributed by atoms with Crippen LogP contribution in [0.5, 0.6) is 0 Å². The van der Waals surface area contributed by atoms with E-state index < -0.39 is 10.0 Å². The number of carbonyl (C=O) groups excluding carboxylic acids is 1. The summed E-state index contributed by atoms with van der Waals surface area (Å²) >= 11 is 5.85. The molecule has 1 unspecified atom stereocenters. The third kappa shape index (κ3) is 5.34. The monoisotopic (exact) mass is 420 g/mol. The summed E-state index contributed by atoms with van der Waals surface area (Å²) in [6.07, 6.45) is 3.14. The largest absolute Gasteiger partial charge is 0.356 e. The van der Waals surface area contributed by atoms with Crippen LogP contribution in [0, 0.1) is 5.92 Å². The number of hydrogen-bond acceptors (Lipinski definition) is 3. The first kappa shape index (κ1) is 20.8. The maximum absolute atomic E-state index is 12.8. The van der Waals surface area contributed by atoms with E-state index in [0.29, 0.717) is 31.0 Å². The topological polar surface area (TPSA) is 66.5 Å². The number of carbonyl (C=O) groups is 1. The highest BCUT2D eigenvalue weighted by molar-refractivity contribution is 7.89. The van der Waals surface area contributed by atoms with Gasteiger partial charge < -0.3 is 5.32 Å². The lowest BCUT2D eigenvalue weighted by atomic mass is 9.99. The summed E-state index contributed by atoms with van der Waals surface area (Å²) in [5.41, 5.74) is 1.25. The molecule has 2 aromatic rings. The summed E-state index contributed by atoms with van der Waals surface area (Å²) in [6, 6.07) is 16.3. The van der Waals surface area contributed by atoms with Gasteiger partial charge in [-0.1, -0.05) is 41.9 Å². The van der Waals surface area contributed by atoms with Crippen molar-refractivity contribution in [2.75, 3.05) is 19.6 Å². The molecule has 1 heterocycles. The zero-order chi connectivity index (χ0) is 20.0. The molecule has 0 aromatic heterocycles. The van der Waals surface area contributed by atoms with Crippen LogP contribution in [-0.4, -0.2) is 38.3 Å². The van der Waals surface area contributed by atoms with Crippen molar-refractivity contribution >= 4 is 27.5 Å². The van der Waals surface area contributed by atoms with E-state index in [-0.39, 0.29) is 23.3 Å². The Morgan fingerprint density at radius 2 is 1.82 bits per heavy atom. The molecule has 3 rings (SSSR count). The van der Waals surface area contributed by atoms with Gasteiger partial charge in [-0.15, -0.1) is 0 Å². The van der Waals surface area contributed by atoms with Crippen molar-refractivity contribution in [2.45, 2.75) is 30.6 Å². The van der Waals surface area contributed by atoms with E-state index in [4.69, 9.17) is 11.6 Å². The summed E-state index contributed by atoms with van der Waals surface area (Å²) in [7, 11) is -3.61. The Morgan fingerprint density at radius 1 is 1.11 bits per heavy atom. The van der Waals surface area contributed by atoms with E-state index in [9.17, 15) is 13.2 Å². The Morgan fingerprint density at radius 3 is 2.54 bits per heavy atom. The van der Waals surface area contributed by atoms with Crippen LogP contribution in [0.4, 0.5) is 0 Å². The van der Waals surface area contributed by atoms with Gasteiger partial charge in [0.25, 0.3) is 0 Å². The Bertz CT molecular complexity index is 886. The second-order valence-electron chi connectivity index (χ2n) is 7.04. The predicted molar refractivity (Wildman–Crippen MR) is 111 cm³/mol. The number of halogens is 1. The molecular weight excluding hydrogens is 396 g/mol. The maximum Gasteiger partial charge on any atom is 0.243 e. The van der Waals surface area contributed by atoms with Gasteiger partial charge >= 0.3 is 0 Å². The van der Waals surface area contributed by atoms with Crippen molar-refractivity contribution in [3.63, 3.8) is 0 Å². The van der Waals surface area contributed by atoms with Gasteiger partial charge in [0.15, 0.2) is 0 Å². The fraction of sp³-hybridized carbons (Fsp3) is 0.381. The van der Waals surface area contributed by atoms with Gasteiger partial charge in [0.1, 0.15) is 0 Å². The molecule has 7 heteroatoms. The summed E-state index contributed by atoms with van der Waals surface area (Å²) in [5, 5.41) is 3.46. The molecule has 1 aliphatic heterocycles. The quantitative estimate of drug-likeness (QED) is 0.697. The minimum atomic E-state index is -3.61. The predicted octanol–water partition coefficient (Wildman–Crippen LogP) is 3.49. The van der Waals surface area contributed by atoms with Crippen molar-refractivity contribution < 1.29 is 13.2 Å². The van der Waals surface area contributed by atoms with Crippen LogP contribution in [0.3, 0.4) is 0 Å². The zero-order valence-electron chi connectivity index (χ0n) is 15.7. The summed E-state index contributed by atoms with van der Waals surface area (Å²) in [6.45, 7) is 1.24. The summed E-state index contributed by atoms with van der Waals surface area (Å²) in [5.74, 6) is -0.378.